The summed E-state index contributed by atoms with van der Waals surface area (Å²) in [5.74, 6) is -0.303. The molecule has 1 fully saturated rings. The van der Waals surface area contributed by atoms with E-state index in [0.29, 0.717) is 5.70 Å². The fourth-order valence-corrected chi connectivity index (χ4v) is 3.97. The van der Waals surface area contributed by atoms with Gasteiger partial charge in [0.05, 0.1) is 6.54 Å². The molecule has 1 aliphatic heterocycles. The van der Waals surface area contributed by atoms with E-state index < -0.39 is 0 Å². The Kier molecular flexibility index (Phi) is 5.27. The van der Waals surface area contributed by atoms with E-state index in [1.54, 1.807) is 6.08 Å². The van der Waals surface area contributed by atoms with Crippen molar-refractivity contribution < 1.29 is 9.59 Å². The SMILES string of the molecule is CCc1ccccc1-n1c(C)cc(C=C2NC(=O)N(Cc3ccccc3)C2=O)c1C. The third-order valence-corrected chi connectivity index (χ3v) is 5.53. The standard InChI is InChI=1S/C25H25N3O2/c1-4-20-12-8-9-13-23(20)28-17(2)14-21(18(28)3)15-22-24(29)27(25(30)26-22)16-19-10-6-5-7-11-19/h5-15H,4,16H2,1-3H3,(H,26,30). The van der Waals surface area contributed by atoms with Gasteiger partial charge in [-0.05, 0) is 55.2 Å². The van der Waals surface area contributed by atoms with E-state index in [1.807, 2.05) is 55.5 Å². The van der Waals surface area contributed by atoms with Gasteiger partial charge < -0.3 is 9.88 Å². The minimum absolute atomic E-state index is 0.256. The molecule has 2 heterocycles. The summed E-state index contributed by atoms with van der Waals surface area (Å²) in [7, 11) is 0. The predicted octanol–water partition coefficient (Wildman–Crippen LogP) is 4.75. The van der Waals surface area contributed by atoms with Gasteiger partial charge in [0.1, 0.15) is 5.70 Å². The van der Waals surface area contributed by atoms with E-state index in [-0.39, 0.29) is 18.5 Å². The van der Waals surface area contributed by atoms with Crippen molar-refractivity contribution in [3.8, 4) is 5.69 Å². The van der Waals surface area contributed by atoms with Crippen molar-refractivity contribution in [2.24, 2.45) is 0 Å². The van der Waals surface area contributed by atoms with E-state index in [4.69, 9.17) is 0 Å². The highest BCUT2D eigenvalue weighted by Crippen LogP contribution is 2.26. The largest absolute Gasteiger partial charge is 0.329 e. The van der Waals surface area contributed by atoms with Crippen molar-refractivity contribution in [2.75, 3.05) is 0 Å². The molecule has 1 saturated heterocycles. The number of nitrogens with one attached hydrogen (secondary N) is 1. The number of aryl methyl sites for hydroxylation is 2. The molecular weight excluding hydrogens is 374 g/mol. The Morgan fingerprint density at radius 3 is 2.40 bits per heavy atom. The molecule has 1 N–H and O–H groups in total. The number of benzene rings is 2. The minimum atomic E-state index is -0.389. The summed E-state index contributed by atoms with van der Waals surface area (Å²) in [4.78, 5) is 26.5. The lowest BCUT2D eigenvalue weighted by molar-refractivity contribution is -0.123. The van der Waals surface area contributed by atoms with Crippen molar-refractivity contribution in [1.82, 2.24) is 14.8 Å². The number of urea groups is 1. The average molecular weight is 399 g/mol. The summed E-state index contributed by atoms with van der Waals surface area (Å²) in [5, 5.41) is 2.73. The van der Waals surface area contributed by atoms with Crippen LogP contribution in [-0.2, 0) is 17.8 Å². The van der Waals surface area contributed by atoms with Crippen molar-refractivity contribution in [3.05, 3.63) is 94.4 Å². The monoisotopic (exact) mass is 399 g/mol. The normalized spacial score (nSPS) is 15.2. The first kappa shape index (κ1) is 19.7. The molecule has 5 heteroatoms. The summed E-state index contributed by atoms with van der Waals surface area (Å²) in [6, 6.07) is 19.5. The van der Waals surface area contributed by atoms with Gasteiger partial charge in [-0.1, -0.05) is 55.5 Å². The van der Waals surface area contributed by atoms with Crippen LogP contribution in [0.5, 0.6) is 0 Å². The Labute approximate surface area is 176 Å². The summed E-state index contributed by atoms with van der Waals surface area (Å²) >= 11 is 0. The third kappa shape index (κ3) is 3.54. The molecule has 1 aromatic heterocycles. The molecule has 152 valence electrons. The maximum Gasteiger partial charge on any atom is 0.329 e. The van der Waals surface area contributed by atoms with Gasteiger partial charge in [0.25, 0.3) is 5.91 Å². The first-order valence-electron chi connectivity index (χ1n) is 10.1. The van der Waals surface area contributed by atoms with Gasteiger partial charge in [0.15, 0.2) is 0 Å². The lowest BCUT2D eigenvalue weighted by Gasteiger charge is -2.14. The number of hydrogen-bond acceptors (Lipinski definition) is 2. The van der Waals surface area contributed by atoms with E-state index in [0.717, 1.165) is 34.6 Å². The van der Waals surface area contributed by atoms with Crippen LogP contribution in [0.4, 0.5) is 4.79 Å². The zero-order valence-electron chi connectivity index (χ0n) is 17.5. The first-order chi connectivity index (χ1) is 14.5. The second-order valence-corrected chi connectivity index (χ2v) is 7.51. The topological polar surface area (TPSA) is 54.3 Å². The fourth-order valence-electron chi connectivity index (χ4n) is 3.97. The van der Waals surface area contributed by atoms with Gasteiger partial charge in [0, 0.05) is 17.1 Å². The van der Waals surface area contributed by atoms with Gasteiger partial charge in [-0.15, -0.1) is 0 Å². The molecule has 0 aliphatic carbocycles. The number of rotatable bonds is 5. The fraction of sp³-hybridized carbons (Fsp3) is 0.200. The summed E-state index contributed by atoms with van der Waals surface area (Å²) in [6.07, 6.45) is 2.71. The van der Waals surface area contributed by atoms with E-state index in [1.165, 1.54) is 10.5 Å². The van der Waals surface area contributed by atoms with Crippen LogP contribution in [0.15, 0.2) is 66.4 Å². The lowest BCUT2D eigenvalue weighted by atomic mass is 10.1. The lowest BCUT2D eigenvalue weighted by Crippen LogP contribution is -2.30. The molecule has 1 aliphatic rings. The van der Waals surface area contributed by atoms with Gasteiger partial charge in [-0.2, -0.15) is 0 Å². The Balaban J connectivity index is 1.66. The molecule has 30 heavy (non-hydrogen) atoms. The molecule has 0 atom stereocenters. The van der Waals surface area contributed by atoms with Crippen LogP contribution in [0.25, 0.3) is 11.8 Å². The number of carbonyl (C=O) groups is 2. The number of imide groups is 1. The Bertz CT molecular complexity index is 1140. The van der Waals surface area contributed by atoms with Crippen LogP contribution >= 0.6 is 0 Å². The van der Waals surface area contributed by atoms with E-state index >= 15 is 0 Å². The molecule has 5 nitrogen and oxygen atoms in total. The predicted molar refractivity (Wildman–Crippen MR) is 118 cm³/mol. The highest BCUT2D eigenvalue weighted by Gasteiger charge is 2.33. The molecule has 3 amide bonds. The molecule has 0 radical (unpaired) electrons. The quantitative estimate of drug-likeness (QED) is 0.497. The summed E-state index contributed by atoms with van der Waals surface area (Å²) in [5.41, 5.74) is 6.66. The number of nitrogens with zero attached hydrogens (tertiary/aromatic N) is 2. The molecule has 0 bridgehead atoms. The average Bonchev–Trinajstić information content (AvgIpc) is 3.18. The molecular formula is C25H25N3O2. The van der Waals surface area contributed by atoms with Gasteiger partial charge >= 0.3 is 6.03 Å². The Hall–Kier alpha value is -3.60. The molecule has 0 spiro atoms. The van der Waals surface area contributed by atoms with E-state index in [9.17, 15) is 9.59 Å². The Morgan fingerprint density at radius 2 is 1.67 bits per heavy atom. The molecule has 4 rings (SSSR count). The highest BCUT2D eigenvalue weighted by atomic mass is 16.2. The zero-order valence-corrected chi connectivity index (χ0v) is 17.5. The number of amides is 3. The van der Waals surface area contributed by atoms with Crippen LogP contribution in [-0.4, -0.2) is 21.4 Å². The van der Waals surface area contributed by atoms with Crippen LogP contribution in [0, 0.1) is 13.8 Å². The second-order valence-electron chi connectivity index (χ2n) is 7.51. The number of aromatic nitrogens is 1. The van der Waals surface area contributed by atoms with E-state index in [2.05, 4.69) is 35.9 Å². The molecule has 3 aromatic rings. The van der Waals surface area contributed by atoms with Crippen LogP contribution in [0.3, 0.4) is 0 Å². The van der Waals surface area contributed by atoms with Gasteiger partial charge in [-0.25, -0.2) is 4.79 Å². The van der Waals surface area contributed by atoms with Crippen LogP contribution in [0.1, 0.15) is 35.0 Å². The second kappa shape index (κ2) is 8.03. The minimum Gasteiger partial charge on any atom is -0.318 e. The Morgan fingerprint density at radius 1 is 0.967 bits per heavy atom. The van der Waals surface area contributed by atoms with Gasteiger partial charge in [-0.3, -0.25) is 9.69 Å². The van der Waals surface area contributed by atoms with Crippen LogP contribution in [0.2, 0.25) is 0 Å². The van der Waals surface area contributed by atoms with Crippen molar-refractivity contribution >= 4 is 18.0 Å². The van der Waals surface area contributed by atoms with Crippen molar-refractivity contribution in [2.45, 2.75) is 33.7 Å². The smallest absolute Gasteiger partial charge is 0.318 e. The first-order valence-corrected chi connectivity index (χ1v) is 10.1. The van der Waals surface area contributed by atoms with Gasteiger partial charge in [0.2, 0.25) is 0 Å². The molecule has 2 aromatic carbocycles. The third-order valence-electron chi connectivity index (χ3n) is 5.53. The maximum absolute atomic E-state index is 12.9. The van der Waals surface area contributed by atoms with Crippen molar-refractivity contribution in [1.29, 1.82) is 0 Å². The summed E-state index contributed by atoms with van der Waals surface area (Å²) in [6.45, 7) is 6.49. The molecule has 0 saturated carbocycles. The summed E-state index contributed by atoms with van der Waals surface area (Å²) < 4.78 is 2.20. The van der Waals surface area contributed by atoms with Crippen LogP contribution < -0.4 is 5.32 Å². The van der Waals surface area contributed by atoms with Crippen molar-refractivity contribution in [3.63, 3.8) is 0 Å². The highest BCUT2D eigenvalue weighted by molar-refractivity contribution is 6.14. The zero-order chi connectivity index (χ0) is 21.3. The maximum atomic E-state index is 12.9. The number of hydrogen-bond donors (Lipinski definition) is 1. The molecule has 0 unspecified atom stereocenters. The number of para-hydroxylation sites is 1. The number of carbonyl (C=O) groups excluding carboxylic acids is 2.